The molecular weight excluding hydrogens is 1470 g/mol. The molecule has 0 saturated heterocycles. The predicted octanol–water partition coefficient (Wildman–Crippen LogP) is 21.9. The van der Waals surface area contributed by atoms with E-state index in [1.54, 1.807) is 0 Å². The average molecular weight is 1630 g/mol. The Hall–Kier alpha value is -4.24. The fourth-order valence-corrected chi connectivity index (χ4v) is 32.2. The lowest BCUT2D eigenvalue weighted by Gasteiger charge is -2.66. The predicted molar refractivity (Wildman–Crippen MR) is 448 cm³/mol. The first kappa shape index (κ1) is 87.7. The van der Waals surface area contributed by atoms with Gasteiger partial charge in [-0.15, -0.1) is 0 Å². The van der Waals surface area contributed by atoms with Gasteiger partial charge >= 0.3 is 47.8 Å². The van der Waals surface area contributed by atoms with Crippen molar-refractivity contribution in [2.24, 2.45) is 168 Å². The molecule has 16 nitrogen and oxygen atoms in total. The summed E-state index contributed by atoms with van der Waals surface area (Å²) in [4.78, 5) is 101. The highest BCUT2D eigenvalue weighted by Gasteiger charge is 2.72. The van der Waals surface area contributed by atoms with Gasteiger partial charge in [0.1, 0.15) is 22.4 Å². The van der Waals surface area contributed by atoms with Gasteiger partial charge in [0.2, 0.25) is 0 Å². The van der Waals surface area contributed by atoms with Crippen molar-refractivity contribution >= 4 is 47.8 Å². The molecular formula is C101H158O16. The Kier molecular flexibility index (Phi) is 24.7. The summed E-state index contributed by atoms with van der Waals surface area (Å²) >= 11 is 0. The van der Waals surface area contributed by atoms with E-state index in [2.05, 4.69) is 27.7 Å². The minimum Gasteiger partial charge on any atom is -0.456 e. The van der Waals surface area contributed by atoms with E-state index in [-0.39, 0.29) is 96.6 Å². The normalized spacial score (nSPS) is 43.0. The second-order valence-electron chi connectivity index (χ2n) is 47.7. The Bertz CT molecular complexity index is 3560. The molecule has 0 aliphatic heterocycles. The summed E-state index contributed by atoms with van der Waals surface area (Å²) < 4.78 is 47.7. The van der Waals surface area contributed by atoms with Gasteiger partial charge in [0.15, 0.2) is 26.4 Å². The smallest absolute Gasteiger partial charge is 0.344 e. The molecule has 0 aromatic rings. The van der Waals surface area contributed by atoms with Crippen LogP contribution in [0, 0.1) is 168 Å². The van der Waals surface area contributed by atoms with E-state index in [1.165, 1.54) is 231 Å². The number of carbonyl (C=O) groups excluding carboxylic acids is 8. The van der Waals surface area contributed by atoms with E-state index in [0.717, 1.165) is 59.2 Å². The SMILES string of the molecule is CCC(C)(C)C(=O)OCC(=O)OC1(C2CC3CC2CC3C)C2CC3CC(C2)CC1C3.CCC(C)(C)C(=O)OCC(=O)OC1(C2CC3CCC2C3)C2CC3CC1CC(C)(C3)C2.CCC(C)(C)C(=O)OCC(=O)OC1(C2CCCC2)C2CC3CC1CC(C)(C3)C2.CCC(C)(C)C(=O)OCC(=O)OC1(C2CCCCC2)C2CC3CC1CC(C)(C3)C2. The molecule has 22 rings (SSSR count). The van der Waals surface area contributed by atoms with Gasteiger partial charge in [-0.1, -0.05) is 93.9 Å². The number of rotatable bonds is 24. The summed E-state index contributed by atoms with van der Waals surface area (Å²) in [5.41, 5.74) is -2.06. The Labute approximate surface area is 704 Å². The van der Waals surface area contributed by atoms with Crippen LogP contribution in [0.4, 0.5) is 0 Å². The van der Waals surface area contributed by atoms with Crippen LogP contribution in [0.25, 0.3) is 0 Å². The summed E-state index contributed by atoms with van der Waals surface area (Å²) in [7, 11) is 0. The van der Waals surface area contributed by atoms with Gasteiger partial charge in [0.05, 0.1) is 21.7 Å². The molecule has 22 saturated carbocycles. The van der Waals surface area contributed by atoms with E-state index in [4.69, 9.17) is 37.9 Å². The van der Waals surface area contributed by atoms with Gasteiger partial charge in [-0.3, -0.25) is 19.2 Å². The molecule has 20 bridgehead atoms. The molecule has 117 heavy (non-hydrogen) atoms. The van der Waals surface area contributed by atoms with Crippen molar-refractivity contribution in [3.05, 3.63) is 0 Å². The summed E-state index contributed by atoms with van der Waals surface area (Å²) in [5, 5.41) is 0. The van der Waals surface area contributed by atoms with Gasteiger partial charge in [-0.25, -0.2) is 19.2 Å². The Morgan fingerprint density at radius 3 is 0.855 bits per heavy atom. The van der Waals surface area contributed by atoms with E-state index in [9.17, 15) is 38.4 Å². The fourth-order valence-electron chi connectivity index (χ4n) is 32.2. The second kappa shape index (κ2) is 33.0. The highest BCUT2D eigenvalue weighted by atomic mass is 16.6. The van der Waals surface area contributed by atoms with Crippen molar-refractivity contribution in [1.29, 1.82) is 0 Å². The molecule has 0 heterocycles. The highest BCUT2D eigenvalue weighted by Crippen LogP contribution is 2.73. The van der Waals surface area contributed by atoms with Crippen LogP contribution in [0.2, 0.25) is 0 Å². The zero-order chi connectivity index (χ0) is 83.6. The van der Waals surface area contributed by atoms with Gasteiger partial charge < -0.3 is 37.9 Å². The Morgan fingerprint density at radius 1 is 0.274 bits per heavy atom. The van der Waals surface area contributed by atoms with Gasteiger partial charge in [-0.05, 0) is 373 Å². The zero-order valence-corrected chi connectivity index (χ0v) is 75.8. The van der Waals surface area contributed by atoms with Crippen LogP contribution in [0.15, 0.2) is 0 Å². The lowest BCUT2D eigenvalue weighted by molar-refractivity contribution is -0.250. The topological polar surface area (TPSA) is 210 Å². The minimum atomic E-state index is -0.557. The standard InChI is InChI=1S/2C26H40O4.C25H40O4.C24H38O4/c1-5-25(3,4)24(28)29-14-23(27)30-26(22-13-18-12-19(22)6-15(18)2)20-8-16-7-17(10-20)11-21(26)9-16;1-5-24(2,3)23(28)29-15-22(27)30-26(21-11-16-6-7-18(21)8-16)19-9-17-10-20(26)14-25(4,12-17)13-19;1-5-23(2,3)22(27)28-16-21(26)29-25(18-9-7-6-8-10-18)19-11-17-12-20(25)15-24(4,13-17)14-19;1-5-22(2,3)21(26)27-15-20(25)28-24(17-8-6-7-9-17)18-10-16-11-19(24)14-23(4,12-16)13-18/h15-22H,5-14H2,1-4H3;16-21H,5-15H2,1-4H3;17-20H,5-16H2,1-4H3;16-19H,5-15H2,1-4H3. The maximum Gasteiger partial charge on any atom is 0.344 e. The van der Waals surface area contributed by atoms with E-state index >= 15 is 0 Å². The van der Waals surface area contributed by atoms with Crippen LogP contribution in [0.3, 0.4) is 0 Å². The van der Waals surface area contributed by atoms with Crippen LogP contribution in [-0.2, 0) is 76.3 Å². The average Bonchev–Trinajstić information content (AvgIpc) is 1.75. The van der Waals surface area contributed by atoms with E-state index < -0.39 is 21.7 Å². The van der Waals surface area contributed by atoms with E-state index in [0.29, 0.717) is 113 Å². The fraction of sp³-hybridized carbons (Fsp3) is 0.921. The van der Waals surface area contributed by atoms with Gasteiger partial charge in [-0.2, -0.15) is 0 Å². The van der Waals surface area contributed by atoms with Crippen molar-refractivity contribution in [3.63, 3.8) is 0 Å². The largest absolute Gasteiger partial charge is 0.456 e. The van der Waals surface area contributed by atoms with Crippen molar-refractivity contribution < 1.29 is 76.3 Å². The van der Waals surface area contributed by atoms with Crippen molar-refractivity contribution in [1.82, 2.24) is 0 Å². The number of fused-ring (bicyclic) bond motifs is 4. The molecule has 0 aromatic carbocycles. The van der Waals surface area contributed by atoms with Crippen molar-refractivity contribution in [2.75, 3.05) is 26.4 Å². The number of hydrogen-bond acceptors (Lipinski definition) is 16. The number of hydrogen-bond donors (Lipinski definition) is 0. The third-order valence-corrected chi connectivity index (χ3v) is 38.3. The first-order valence-corrected chi connectivity index (χ1v) is 48.8. The first-order valence-electron chi connectivity index (χ1n) is 48.8. The third-order valence-electron chi connectivity index (χ3n) is 38.3. The maximum atomic E-state index is 13.1. The van der Waals surface area contributed by atoms with Crippen LogP contribution in [0.5, 0.6) is 0 Å². The molecule has 13 unspecified atom stereocenters. The third kappa shape index (κ3) is 16.6. The zero-order valence-electron chi connectivity index (χ0n) is 75.8. The van der Waals surface area contributed by atoms with E-state index in [1.807, 2.05) is 83.1 Å². The molecule has 13 atom stereocenters. The maximum absolute atomic E-state index is 13.1. The molecule has 0 N–H and O–H groups in total. The Morgan fingerprint density at radius 2 is 0.573 bits per heavy atom. The van der Waals surface area contributed by atoms with Crippen LogP contribution >= 0.6 is 0 Å². The molecule has 16 heteroatoms. The highest BCUT2D eigenvalue weighted by molar-refractivity contribution is 5.82. The molecule has 0 aromatic heterocycles. The molecule has 22 fully saturated rings. The molecule has 0 spiro atoms. The van der Waals surface area contributed by atoms with Crippen LogP contribution < -0.4 is 0 Å². The van der Waals surface area contributed by atoms with Crippen molar-refractivity contribution in [3.8, 4) is 0 Å². The summed E-state index contributed by atoms with van der Waals surface area (Å²) in [6.45, 7) is 31.7. The molecule has 22 aliphatic rings. The second-order valence-corrected chi connectivity index (χ2v) is 47.7. The minimum absolute atomic E-state index is 0.229. The molecule has 22 aliphatic carbocycles. The molecule has 658 valence electrons. The summed E-state index contributed by atoms with van der Waals surface area (Å²) in [5.74, 6) is 11.7. The van der Waals surface area contributed by atoms with Crippen molar-refractivity contribution in [2.45, 2.75) is 390 Å². The quantitative estimate of drug-likeness (QED) is 0.0650. The lowest BCUT2D eigenvalue weighted by atomic mass is 9.42. The Balaban J connectivity index is 0.000000122. The molecule has 0 radical (unpaired) electrons. The summed E-state index contributed by atoms with van der Waals surface area (Å²) in [6, 6.07) is 0. The van der Waals surface area contributed by atoms with Gasteiger partial charge in [0, 0.05) is 47.3 Å². The van der Waals surface area contributed by atoms with Crippen LogP contribution in [0.1, 0.15) is 368 Å². The van der Waals surface area contributed by atoms with Gasteiger partial charge in [0.25, 0.3) is 0 Å². The van der Waals surface area contributed by atoms with Crippen LogP contribution in [-0.4, -0.2) is 96.6 Å². The number of ether oxygens (including phenoxy) is 8. The number of esters is 8. The molecule has 0 amide bonds. The first-order chi connectivity index (χ1) is 55.2. The number of carbonyl (C=O) groups is 8. The summed E-state index contributed by atoms with van der Waals surface area (Å²) in [6.07, 6.45) is 48.0. The lowest BCUT2D eigenvalue weighted by Crippen LogP contribution is -2.66. The monoisotopic (exact) mass is 1630 g/mol.